The minimum Gasteiger partial charge on any atom is -0.461 e. The molecule has 9 atom stereocenters. The van der Waals surface area contributed by atoms with E-state index in [1.165, 1.54) is 50.5 Å². The lowest BCUT2D eigenvalue weighted by atomic mass is 9.46. The number of ether oxygens (including phenoxy) is 1. The second kappa shape index (κ2) is 11.2. The van der Waals surface area contributed by atoms with E-state index in [4.69, 9.17) is 4.74 Å². The predicted octanol–water partition coefficient (Wildman–Crippen LogP) is 8.09. The number of rotatable bonds is 9. The largest absolute Gasteiger partial charge is 0.461 e. The van der Waals surface area contributed by atoms with Gasteiger partial charge in [-0.05, 0) is 85.9 Å². The van der Waals surface area contributed by atoms with E-state index in [1.54, 1.807) is 0 Å². The van der Waals surface area contributed by atoms with Crippen molar-refractivity contribution in [2.45, 2.75) is 124 Å². The van der Waals surface area contributed by atoms with E-state index in [1.807, 2.05) is 0 Å². The van der Waals surface area contributed by atoms with Gasteiger partial charge < -0.3 is 9.84 Å². The molecule has 0 bridgehead atoms. The molecule has 4 aliphatic carbocycles. The Morgan fingerprint density at radius 1 is 1.14 bits per heavy atom. The molecule has 200 valence electrons. The number of fused-ring (bicyclic) bond motifs is 5. The summed E-state index contributed by atoms with van der Waals surface area (Å²) in [5, 5.41) is 11.5. The van der Waals surface area contributed by atoms with Crippen molar-refractivity contribution < 1.29 is 14.6 Å². The van der Waals surface area contributed by atoms with Crippen molar-refractivity contribution in [2.24, 2.45) is 46.3 Å². The summed E-state index contributed by atoms with van der Waals surface area (Å²) in [5.41, 5.74) is 1.71. The Hall–Kier alpha value is -0.350. The highest BCUT2D eigenvalue weighted by Crippen LogP contribution is 2.67. The number of aliphatic hydroxyl groups is 1. The predicted molar refractivity (Wildman–Crippen MR) is 147 cm³/mol. The second-order valence-corrected chi connectivity index (χ2v) is 14.3. The van der Waals surface area contributed by atoms with Crippen LogP contribution in [0, 0.1) is 46.3 Å². The van der Waals surface area contributed by atoms with Crippen molar-refractivity contribution in [3.05, 3.63) is 11.6 Å². The molecule has 0 amide bonds. The zero-order valence-electron chi connectivity index (χ0n) is 23.0. The number of carbonyl (C=O) groups is 1. The van der Waals surface area contributed by atoms with Crippen LogP contribution in [0.25, 0.3) is 0 Å². The maximum absolute atomic E-state index is 12.7. The van der Waals surface area contributed by atoms with Gasteiger partial charge >= 0.3 is 5.97 Å². The number of carbonyl (C=O) groups excluding carboxylic acids is 1. The molecule has 3 fully saturated rings. The van der Waals surface area contributed by atoms with Gasteiger partial charge in [0.25, 0.3) is 0 Å². The smallest absolute Gasteiger partial charge is 0.306 e. The van der Waals surface area contributed by atoms with Crippen molar-refractivity contribution in [1.29, 1.82) is 0 Å². The van der Waals surface area contributed by atoms with E-state index in [0.717, 1.165) is 48.3 Å². The van der Waals surface area contributed by atoms with Gasteiger partial charge in [0, 0.05) is 23.6 Å². The van der Waals surface area contributed by atoms with E-state index < -0.39 is 6.10 Å². The molecule has 35 heavy (non-hydrogen) atoms. The number of hydrogen-bond donors (Lipinski definition) is 1. The van der Waals surface area contributed by atoms with Crippen LogP contribution in [0.5, 0.6) is 0 Å². The molecule has 0 saturated heterocycles. The lowest BCUT2D eigenvalue weighted by Gasteiger charge is -2.60. The van der Waals surface area contributed by atoms with Gasteiger partial charge in [-0.2, -0.15) is 0 Å². The average molecular weight is 552 g/mol. The molecular formula is C31H51BrO3. The topological polar surface area (TPSA) is 46.5 Å². The van der Waals surface area contributed by atoms with Crippen LogP contribution in [0.1, 0.15) is 112 Å². The average Bonchev–Trinajstić information content (AvgIpc) is 3.15. The van der Waals surface area contributed by atoms with E-state index in [-0.39, 0.29) is 17.5 Å². The molecule has 3 saturated carbocycles. The van der Waals surface area contributed by atoms with Gasteiger partial charge in [0.1, 0.15) is 6.10 Å². The number of aliphatic hydroxyl groups excluding tert-OH is 1. The van der Waals surface area contributed by atoms with Crippen molar-refractivity contribution >= 4 is 21.9 Å². The third kappa shape index (κ3) is 5.31. The third-order valence-corrected chi connectivity index (χ3v) is 11.7. The van der Waals surface area contributed by atoms with Crippen molar-refractivity contribution in [1.82, 2.24) is 0 Å². The Labute approximate surface area is 223 Å². The van der Waals surface area contributed by atoms with Crippen molar-refractivity contribution in [3.8, 4) is 0 Å². The molecule has 0 aliphatic heterocycles. The zero-order chi connectivity index (χ0) is 25.4. The summed E-state index contributed by atoms with van der Waals surface area (Å²) in [6.07, 6.45) is 15.1. The summed E-state index contributed by atoms with van der Waals surface area (Å²) in [5.74, 6) is 4.42. The Kier molecular flexibility index (Phi) is 8.84. The first-order valence-corrected chi connectivity index (χ1v) is 15.9. The maximum atomic E-state index is 12.7. The highest BCUT2D eigenvalue weighted by molar-refractivity contribution is 9.09. The molecule has 0 aromatic heterocycles. The fourth-order valence-corrected chi connectivity index (χ4v) is 9.58. The van der Waals surface area contributed by atoms with E-state index in [2.05, 4.69) is 56.6 Å². The van der Waals surface area contributed by atoms with Crippen LogP contribution < -0.4 is 0 Å². The summed E-state index contributed by atoms with van der Waals surface area (Å²) in [6.45, 7) is 12.2. The van der Waals surface area contributed by atoms with Crippen molar-refractivity contribution in [2.75, 3.05) is 5.33 Å². The van der Waals surface area contributed by atoms with Crippen LogP contribution >= 0.6 is 15.9 Å². The molecule has 4 heteroatoms. The van der Waals surface area contributed by atoms with Crippen LogP contribution in [-0.4, -0.2) is 28.6 Å². The number of halogens is 1. The first kappa shape index (κ1) is 27.7. The summed E-state index contributed by atoms with van der Waals surface area (Å²) in [4.78, 5) is 12.7. The number of hydrogen-bond acceptors (Lipinski definition) is 3. The van der Waals surface area contributed by atoms with Crippen LogP contribution in [-0.2, 0) is 9.53 Å². The molecular weight excluding hydrogens is 500 g/mol. The quantitative estimate of drug-likeness (QED) is 0.179. The minimum absolute atomic E-state index is 0.0944. The summed E-state index contributed by atoms with van der Waals surface area (Å²) in [7, 11) is 0. The van der Waals surface area contributed by atoms with Gasteiger partial charge in [0.15, 0.2) is 0 Å². The lowest BCUT2D eigenvalue weighted by molar-refractivity contribution is -0.169. The van der Waals surface area contributed by atoms with E-state index in [9.17, 15) is 9.90 Å². The first-order chi connectivity index (χ1) is 16.6. The van der Waals surface area contributed by atoms with Gasteiger partial charge in [-0.15, -0.1) is 0 Å². The Morgan fingerprint density at radius 2 is 1.91 bits per heavy atom. The van der Waals surface area contributed by atoms with Gasteiger partial charge in [-0.3, -0.25) is 4.79 Å². The number of allylic oxidation sites excluding steroid dienone is 1. The van der Waals surface area contributed by atoms with Crippen LogP contribution in [0.2, 0.25) is 0 Å². The first-order valence-electron chi connectivity index (χ1n) is 14.7. The lowest BCUT2D eigenvalue weighted by Crippen LogP contribution is -2.56. The van der Waals surface area contributed by atoms with Gasteiger partial charge in [0.2, 0.25) is 0 Å². The van der Waals surface area contributed by atoms with Crippen molar-refractivity contribution in [3.63, 3.8) is 0 Å². The Bertz CT molecular complexity index is 777. The molecule has 1 N–H and O–H groups in total. The molecule has 1 unspecified atom stereocenters. The summed E-state index contributed by atoms with van der Waals surface area (Å²) >= 11 is 3.43. The number of esters is 1. The molecule has 0 aromatic rings. The van der Waals surface area contributed by atoms with Crippen LogP contribution in [0.4, 0.5) is 0 Å². The second-order valence-electron chi connectivity index (χ2n) is 13.5. The Morgan fingerprint density at radius 3 is 2.63 bits per heavy atom. The highest BCUT2D eigenvalue weighted by Gasteiger charge is 2.61. The molecule has 3 nitrogen and oxygen atoms in total. The van der Waals surface area contributed by atoms with E-state index >= 15 is 0 Å². The molecule has 0 radical (unpaired) electrons. The summed E-state index contributed by atoms with van der Waals surface area (Å²) in [6, 6.07) is 0. The van der Waals surface area contributed by atoms with Crippen LogP contribution in [0.15, 0.2) is 11.6 Å². The SMILES string of the molecule is CC(C)CCC[C@@H](C)[C@H]1CC[C@H]2[C@@H]3CC=C4C[C@@H](O)CC(OC(=O)CCCBr)[C@]4(C)[C@H]3CC[C@]12C. The van der Waals surface area contributed by atoms with Gasteiger partial charge in [0.05, 0.1) is 6.10 Å². The molecule has 0 aromatic carbocycles. The molecule has 4 rings (SSSR count). The normalized spacial score (nSPS) is 41.5. The fourth-order valence-electron chi connectivity index (χ4n) is 9.30. The fraction of sp³-hybridized carbons (Fsp3) is 0.903. The third-order valence-electron chi connectivity index (χ3n) is 11.1. The minimum atomic E-state index is -0.392. The van der Waals surface area contributed by atoms with Gasteiger partial charge in [-0.25, -0.2) is 0 Å². The zero-order valence-corrected chi connectivity index (χ0v) is 24.6. The Balaban J connectivity index is 1.52. The molecule has 0 heterocycles. The molecule has 4 aliphatic rings. The van der Waals surface area contributed by atoms with Crippen LogP contribution in [0.3, 0.4) is 0 Å². The number of alkyl halides is 1. The molecule has 0 spiro atoms. The monoisotopic (exact) mass is 550 g/mol. The highest BCUT2D eigenvalue weighted by atomic mass is 79.9. The maximum Gasteiger partial charge on any atom is 0.306 e. The van der Waals surface area contributed by atoms with Gasteiger partial charge in [-0.1, -0.05) is 81.5 Å². The summed E-state index contributed by atoms with van der Waals surface area (Å²) < 4.78 is 6.18. The van der Waals surface area contributed by atoms with E-state index in [0.29, 0.717) is 30.1 Å². The standard InChI is InChI=1S/C31H51BrO3/c1-20(2)8-6-9-21(3)25-13-14-26-24-12-11-22-18-23(33)19-28(35-29(34)10-7-17-32)31(22,5)27(24)15-16-30(25,26)4/h11,20-21,23-28,33H,6-10,12-19H2,1-5H3/t21-,23-,24+,25-,26+,27+,28?,30-,31+/m1/s1.